The fourth-order valence-corrected chi connectivity index (χ4v) is 7.08. The maximum absolute atomic E-state index is 13.4. The molecular weight excluding hydrogens is 878 g/mol. The molecule has 19 heteroatoms. The van der Waals surface area contributed by atoms with Crippen molar-refractivity contribution in [2.24, 2.45) is 11.1 Å². The number of oxime groups is 1. The lowest BCUT2D eigenvalue weighted by atomic mass is 9.75. The summed E-state index contributed by atoms with van der Waals surface area (Å²) in [7, 11) is -2.04. The maximum Gasteiger partial charge on any atom is 0.583 e. The van der Waals surface area contributed by atoms with Crippen molar-refractivity contribution in [2.45, 2.75) is 119 Å². The molecule has 67 heavy (non-hydrogen) atoms. The predicted octanol–water partition coefficient (Wildman–Crippen LogP) is 5.70. The number of rotatable bonds is 6. The number of hydrazine groups is 2. The first-order chi connectivity index (χ1) is 30.6. The van der Waals surface area contributed by atoms with Gasteiger partial charge in [-0.3, -0.25) is 34.8 Å². The van der Waals surface area contributed by atoms with Crippen molar-refractivity contribution in [3.63, 3.8) is 0 Å². The van der Waals surface area contributed by atoms with Crippen LogP contribution in [0.2, 0.25) is 0 Å². The van der Waals surface area contributed by atoms with Gasteiger partial charge in [-0.25, -0.2) is 15.9 Å². The van der Waals surface area contributed by atoms with Crippen LogP contribution in [0.15, 0.2) is 78.0 Å². The van der Waals surface area contributed by atoms with Crippen molar-refractivity contribution >= 4 is 73.7 Å². The summed E-state index contributed by atoms with van der Waals surface area (Å²) in [6.45, 7) is 26.4. The molecule has 4 amide bonds. The van der Waals surface area contributed by atoms with Crippen LogP contribution in [-0.2, 0) is 14.1 Å². The molecule has 0 spiro atoms. The van der Waals surface area contributed by atoms with E-state index in [1.165, 1.54) is 22.3 Å². The quantitative estimate of drug-likeness (QED) is 0.0897. The van der Waals surface area contributed by atoms with E-state index in [0.29, 0.717) is 45.0 Å². The molecule has 2 aliphatic rings. The molecule has 1 fully saturated rings. The van der Waals surface area contributed by atoms with Crippen LogP contribution >= 0.6 is 12.4 Å². The van der Waals surface area contributed by atoms with Crippen LogP contribution in [0.3, 0.4) is 0 Å². The summed E-state index contributed by atoms with van der Waals surface area (Å²) < 4.78 is 17.0. The van der Waals surface area contributed by atoms with E-state index in [9.17, 15) is 29.0 Å². The lowest BCUT2D eigenvalue weighted by Crippen LogP contribution is -2.56. The average molecular weight is 941 g/mol. The highest BCUT2D eigenvalue weighted by molar-refractivity contribution is 6.63. The third-order valence-electron chi connectivity index (χ3n) is 11.1. The first-order valence-corrected chi connectivity index (χ1v) is 21.3. The van der Waals surface area contributed by atoms with Crippen molar-refractivity contribution < 1.29 is 48.3 Å². The zero-order valence-corrected chi connectivity index (χ0v) is 41.5. The van der Waals surface area contributed by atoms with Gasteiger partial charge in [-0.2, -0.15) is 0 Å². The van der Waals surface area contributed by atoms with Crippen LogP contribution in [0.5, 0.6) is 0 Å². The summed E-state index contributed by atoms with van der Waals surface area (Å²) in [5, 5.41) is 22.7. The molecular formula is C48H63B2ClN6O10. The molecule has 358 valence electrons. The SMILES string of the molecule is Cc1cc(C)cc(C(=O)N(NC(=O)c2ccc(C=O)c(B3OC(C)(C)C(C)(C)O3)c2)C(C)(C)C)c1.Cc1cc(C)cc(C(=O)N(NC(=O)c2ccc3c(c2)B(O)ON=C3)C(C)(C)C)c1.Cl.NO. The highest BCUT2D eigenvalue weighted by Crippen LogP contribution is 2.37. The minimum Gasteiger partial charge on any atom is -0.427 e. The molecule has 0 bridgehead atoms. The Morgan fingerprint density at radius 1 is 0.642 bits per heavy atom. The molecule has 0 aromatic heterocycles. The van der Waals surface area contributed by atoms with Crippen molar-refractivity contribution in [3.8, 4) is 0 Å². The van der Waals surface area contributed by atoms with Crippen LogP contribution in [0, 0.1) is 27.7 Å². The Morgan fingerprint density at radius 2 is 1.03 bits per heavy atom. The molecule has 0 aliphatic carbocycles. The number of aryl methyl sites for hydroxylation is 4. The number of benzene rings is 4. The van der Waals surface area contributed by atoms with Gasteiger partial charge in [-0.1, -0.05) is 46.5 Å². The smallest absolute Gasteiger partial charge is 0.427 e. The number of hydrogen-bond acceptors (Lipinski definition) is 12. The minimum absolute atomic E-state index is 0. The highest BCUT2D eigenvalue weighted by atomic mass is 35.5. The number of nitrogens with one attached hydrogen (secondary N) is 2. The Kier molecular flexibility index (Phi) is 18.1. The number of carbonyl (C=O) groups excluding carboxylic acids is 5. The summed E-state index contributed by atoms with van der Waals surface area (Å²) >= 11 is 0. The third-order valence-corrected chi connectivity index (χ3v) is 11.1. The van der Waals surface area contributed by atoms with Crippen molar-refractivity contribution in [1.82, 2.24) is 20.9 Å². The number of carbonyl (C=O) groups is 5. The zero-order chi connectivity index (χ0) is 49.7. The number of nitrogens with two attached hydrogens (primary N) is 1. The normalized spacial score (nSPS) is 14.3. The van der Waals surface area contributed by atoms with Gasteiger partial charge in [0.25, 0.3) is 23.6 Å². The molecule has 4 aromatic rings. The van der Waals surface area contributed by atoms with E-state index in [4.69, 9.17) is 19.3 Å². The Morgan fingerprint density at radius 3 is 1.42 bits per heavy atom. The van der Waals surface area contributed by atoms with Crippen molar-refractivity contribution in [2.75, 3.05) is 0 Å². The Bertz CT molecular complexity index is 2470. The maximum atomic E-state index is 13.4. The minimum atomic E-state index is -1.24. The number of hydrogen-bond donors (Lipinski definition) is 5. The van der Waals surface area contributed by atoms with Gasteiger partial charge in [0, 0.05) is 33.3 Å². The molecule has 2 heterocycles. The number of halogens is 1. The van der Waals surface area contributed by atoms with E-state index >= 15 is 0 Å². The summed E-state index contributed by atoms with van der Waals surface area (Å²) in [6.07, 6.45) is 2.18. The van der Waals surface area contributed by atoms with E-state index < -0.39 is 48.3 Å². The van der Waals surface area contributed by atoms with E-state index in [1.54, 1.807) is 54.6 Å². The number of amides is 4. The molecule has 4 aromatic carbocycles. The number of nitrogens with zero attached hydrogens (tertiary/aromatic N) is 3. The van der Waals surface area contributed by atoms with Gasteiger partial charge in [0.05, 0.1) is 28.5 Å². The second kappa shape index (κ2) is 21.8. The van der Waals surface area contributed by atoms with Gasteiger partial charge in [0.15, 0.2) is 0 Å². The van der Waals surface area contributed by atoms with Crippen LogP contribution < -0.4 is 27.7 Å². The molecule has 1 saturated heterocycles. The summed E-state index contributed by atoms with van der Waals surface area (Å²) in [5.74, 6) is 1.95. The van der Waals surface area contributed by atoms with Gasteiger partial charge in [-0.05, 0) is 156 Å². The summed E-state index contributed by atoms with van der Waals surface area (Å²) in [5.41, 5.74) is 10.3. The standard InChI is InChI=1S/C27H35BN2O5.C21H24BN3O4.ClH.H3NO/c1-17-12-18(2)14-21(13-17)24(33)30(25(3,4)5)29-23(32)19-10-11-20(16-31)22(15-19)28-34-26(6,7)27(8,9)35-28;1-13-8-14(2)10-17(9-13)20(27)25(21(3,4)5)24-19(26)15-6-7-16-12-23-29-22(28)18(16)11-15;;1-2/h10-16H,1-9H3,(H,29,32);6-12,28H,1-5H3,(H,24,26);1H;2H,1H2. The van der Waals surface area contributed by atoms with Crippen LogP contribution in [0.25, 0.3) is 0 Å². The number of aldehydes is 1. The second-order valence-corrected chi connectivity index (χ2v) is 19.3. The Labute approximate surface area is 400 Å². The number of fused-ring (bicyclic) bond motifs is 1. The fraction of sp³-hybridized carbons (Fsp3) is 0.375. The van der Waals surface area contributed by atoms with Gasteiger partial charge in [0.2, 0.25) is 0 Å². The first kappa shape index (κ1) is 55.4. The first-order valence-electron chi connectivity index (χ1n) is 21.3. The van der Waals surface area contributed by atoms with Crippen LogP contribution in [-0.4, -0.2) is 92.9 Å². The fourth-order valence-electron chi connectivity index (χ4n) is 7.08. The molecule has 6 rings (SSSR count). The van der Waals surface area contributed by atoms with Gasteiger partial charge >= 0.3 is 14.2 Å². The molecule has 0 saturated carbocycles. The van der Waals surface area contributed by atoms with E-state index in [2.05, 4.69) is 21.9 Å². The zero-order valence-electron chi connectivity index (χ0n) is 40.7. The van der Waals surface area contributed by atoms with Crippen molar-refractivity contribution in [3.05, 3.63) is 128 Å². The molecule has 0 unspecified atom stereocenters. The largest absolute Gasteiger partial charge is 0.583 e. The van der Waals surface area contributed by atoms with Crippen molar-refractivity contribution in [1.29, 1.82) is 0 Å². The molecule has 2 aliphatic heterocycles. The topological polar surface area (TPSA) is 222 Å². The average Bonchev–Trinajstić information content (AvgIpc) is 3.45. The van der Waals surface area contributed by atoms with Gasteiger partial charge in [0.1, 0.15) is 6.29 Å². The van der Waals surface area contributed by atoms with E-state index in [0.717, 1.165) is 22.3 Å². The third kappa shape index (κ3) is 13.4. The van der Waals surface area contributed by atoms with E-state index in [-0.39, 0.29) is 29.8 Å². The monoisotopic (exact) mass is 940 g/mol. The van der Waals surface area contributed by atoms with Crippen LogP contribution in [0.1, 0.15) is 149 Å². The Hall–Kier alpha value is -5.88. The van der Waals surface area contributed by atoms with Crippen LogP contribution in [0.4, 0.5) is 0 Å². The summed E-state index contributed by atoms with van der Waals surface area (Å²) in [6, 6.07) is 20.7. The predicted molar refractivity (Wildman–Crippen MR) is 262 cm³/mol. The lowest BCUT2D eigenvalue weighted by Gasteiger charge is -2.35. The van der Waals surface area contributed by atoms with Gasteiger partial charge < -0.3 is 24.3 Å². The highest BCUT2D eigenvalue weighted by Gasteiger charge is 2.52. The molecule has 0 radical (unpaired) electrons. The van der Waals surface area contributed by atoms with E-state index in [1.807, 2.05) is 109 Å². The molecule has 6 N–H and O–H groups in total. The summed E-state index contributed by atoms with van der Waals surface area (Å²) in [4.78, 5) is 64.5. The molecule has 16 nitrogen and oxygen atoms in total. The molecule has 0 atom stereocenters. The second-order valence-electron chi connectivity index (χ2n) is 19.3. The van der Waals surface area contributed by atoms with Gasteiger partial charge in [-0.15, -0.1) is 17.6 Å². The Balaban J connectivity index is 0.000000343. The lowest BCUT2D eigenvalue weighted by molar-refractivity contribution is 0.00578.